The SMILES string of the molecule is CC(=O)N[C@@H]1[C@@H](O)[C@H](O[C@@H]2O[C@H](CO)[C@@H](O[C@@H]3O[C@H](CO[C@H]4O[C@H](CO)[C@@H](O)[C@H](O)[C@@H]4O[C@@H]4O[C@H](CO)[C@@H](O[C@@H]5O[C@H](CO)[C@H](O)[C@H](O)[C@H]5NC(C)=O)[C@H](O[C@@H]5O[C@@H](C)[C@@H](O)[C@@H](O)[C@@H]5O)[C@H]4NC(C)=O)[C@@H](O)[C@H](O[C@H]4O[C@H](CO)[C@@H](O)[C@H](O)[C@@H]4O[C@@H]4O[C@H](CO)[C@@H](O)[C@H](O)[C@H]4NC(C)=O)[C@@H]3O)[C@H](O)[C@H]2NC(C)=O)[C@@H](CO[C@@H]2O[C@@H](C)[C@@H](O)[C@@H](O)[C@@H]2O)O[C@H]1O. The minimum absolute atomic E-state index is 0.843. The van der Waals surface area contributed by atoms with Crippen molar-refractivity contribution < 1.29 is 242 Å². The van der Waals surface area contributed by atoms with Gasteiger partial charge in [0.25, 0.3) is 0 Å². The third-order valence-corrected chi connectivity index (χ3v) is 22.8. The molecule has 30 N–H and O–H groups in total. The predicted octanol–water partition coefficient (Wildman–Crippen LogP) is -20.0. The highest BCUT2D eigenvalue weighted by atomic mass is 16.8. The Morgan fingerprint density at radius 3 is 0.992 bits per heavy atom. The second-order valence-electron chi connectivity index (χ2n) is 31.7. The standard InChI is InChI=1S/C70H117N5O49/c1-16-36(87)47(98)51(102)66(108-16)106-15-30-55(45(96)31(61(105)110-30)71-18(3)82)118-64-34(74-21(6)85)46(97)54(27(12-80)115-64)119-68-53(104)58(122-70-60(50(101)41(92)26(11-79)114-70)124-63-33(73-20(5)84)44(95)39(90)24(9-77)112-63)42(93)29(117-68)14-107-69-59(49(100)40(91)25(10-78)113-69)123-65-35(75-22(7)86)57(121-67-52(103)48(99)37(88)17(2)109-67)56(28(13-81)116-65)120-62-32(72-19(4)83)43(94)38(89)23(8-76)111-62/h16-17,23-70,76-81,87-105H,8-15H2,1-7H3,(H,71,82)(H,72,83)(H,73,84)(H,74,85)(H,75,86)/t16-,17-,23+,24+,25+,26+,27+,28+,29+,30+,31+,32+,33+,34+,35+,36+,37+,38-,39+,40+,41+,42+,43+,44+,45+,46+,47+,48+,49-,50-,51-,52-,53-,54+,55+,56+,57+,58-,59-,60-,61+,62-,63-,64-,65-,66+,67-,68-,69-,70+/m0/s1. The van der Waals surface area contributed by atoms with E-state index in [2.05, 4.69) is 26.6 Å². The Kier molecular flexibility index (Phi) is 36.3. The molecule has 0 unspecified atom stereocenters. The molecule has 0 aliphatic carbocycles. The van der Waals surface area contributed by atoms with Gasteiger partial charge in [0.1, 0.15) is 232 Å². The van der Waals surface area contributed by atoms with Crippen LogP contribution in [0.1, 0.15) is 48.5 Å². The van der Waals surface area contributed by atoms with E-state index in [1.54, 1.807) is 0 Å². The van der Waals surface area contributed by atoms with Crippen LogP contribution in [0, 0.1) is 0 Å². The van der Waals surface area contributed by atoms with Crippen LogP contribution in [0.15, 0.2) is 0 Å². The van der Waals surface area contributed by atoms with Crippen LogP contribution in [0.4, 0.5) is 0 Å². The van der Waals surface area contributed by atoms with Crippen molar-refractivity contribution in [1.82, 2.24) is 26.6 Å². The van der Waals surface area contributed by atoms with Crippen molar-refractivity contribution in [3.63, 3.8) is 0 Å². The number of aliphatic hydroxyl groups is 25. The first kappa shape index (κ1) is 102. The predicted molar refractivity (Wildman–Crippen MR) is 385 cm³/mol. The minimum Gasteiger partial charge on any atom is -0.394 e. The van der Waals surface area contributed by atoms with E-state index in [-0.39, 0.29) is 0 Å². The summed E-state index contributed by atoms with van der Waals surface area (Å²) in [7, 11) is 0. The largest absolute Gasteiger partial charge is 0.394 e. The molecule has 10 aliphatic rings. The van der Waals surface area contributed by atoms with Gasteiger partial charge >= 0.3 is 0 Å². The van der Waals surface area contributed by atoms with Crippen LogP contribution in [0.25, 0.3) is 0 Å². The van der Waals surface area contributed by atoms with E-state index in [1.807, 2.05) is 0 Å². The van der Waals surface area contributed by atoms with Gasteiger partial charge in [-0.3, -0.25) is 24.0 Å². The molecule has 50 atom stereocenters. The first-order valence-corrected chi connectivity index (χ1v) is 39.8. The Labute approximate surface area is 703 Å². The fourth-order valence-electron chi connectivity index (χ4n) is 16.1. The molecule has 10 aliphatic heterocycles. The summed E-state index contributed by atoms with van der Waals surface area (Å²) in [6, 6.07) is -9.38. The van der Waals surface area contributed by atoms with Crippen molar-refractivity contribution in [3.8, 4) is 0 Å². The normalized spacial score (nSPS) is 49.0. The molecule has 10 saturated heterocycles. The molecule has 10 fully saturated rings. The summed E-state index contributed by atoms with van der Waals surface area (Å²) in [6.45, 7) is -1.61. The third kappa shape index (κ3) is 22.7. The highest BCUT2D eigenvalue weighted by Crippen LogP contribution is 2.41. The average Bonchev–Trinajstić information content (AvgIpc) is 0.751. The number of amides is 5. The van der Waals surface area contributed by atoms with E-state index in [4.69, 9.17) is 90.0 Å². The Morgan fingerprint density at radius 1 is 0.226 bits per heavy atom. The lowest BCUT2D eigenvalue weighted by Gasteiger charge is -2.52. The Bertz CT molecular complexity index is 3400. The molecule has 10 rings (SSSR count). The second-order valence-corrected chi connectivity index (χ2v) is 31.7. The van der Waals surface area contributed by atoms with Gasteiger partial charge in [-0.2, -0.15) is 0 Å². The van der Waals surface area contributed by atoms with Crippen LogP contribution >= 0.6 is 0 Å². The molecule has 0 saturated carbocycles. The molecule has 54 nitrogen and oxygen atoms in total. The molecule has 124 heavy (non-hydrogen) atoms. The molecular formula is C70H117N5O49. The lowest BCUT2D eigenvalue weighted by Crippen LogP contribution is -2.72. The van der Waals surface area contributed by atoms with Gasteiger partial charge in [0, 0.05) is 34.6 Å². The zero-order valence-electron chi connectivity index (χ0n) is 67.5. The Balaban J connectivity index is 1.01. The molecule has 0 aromatic carbocycles. The number of aliphatic hydroxyl groups excluding tert-OH is 25. The summed E-state index contributed by atoms with van der Waals surface area (Å²) < 4.78 is 115. The third-order valence-electron chi connectivity index (χ3n) is 22.8. The molecule has 5 amide bonds. The highest BCUT2D eigenvalue weighted by Gasteiger charge is 2.62. The van der Waals surface area contributed by atoms with Crippen LogP contribution in [0.5, 0.6) is 0 Å². The zero-order chi connectivity index (χ0) is 91.4. The van der Waals surface area contributed by atoms with Crippen LogP contribution in [0.2, 0.25) is 0 Å². The van der Waals surface area contributed by atoms with Gasteiger partial charge in [0.2, 0.25) is 29.5 Å². The van der Waals surface area contributed by atoms with Crippen LogP contribution < -0.4 is 26.6 Å². The molecule has 0 aromatic rings. The smallest absolute Gasteiger partial charge is 0.217 e. The van der Waals surface area contributed by atoms with Crippen molar-refractivity contribution in [3.05, 3.63) is 0 Å². The number of nitrogens with one attached hydrogen (secondary N) is 5. The number of hydrogen-bond donors (Lipinski definition) is 30. The van der Waals surface area contributed by atoms with Gasteiger partial charge in [-0.25, -0.2) is 0 Å². The van der Waals surface area contributed by atoms with Gasteiger partial charge < -0.3 is 244 Å². The molecule has 716 valence electrons. The van der Waals surface area contributed by atoms with Crippen LogP contribution in [-0.2, 0) is 114 Å². The van der Waals surface area contributed by atoms with Gasteiger partial charge in [-0.1, -0.05) is 0 Å². The minimum atomic E-state index is -2.60. The molecular weight excluding hydrogens is 1690 g/mol. The van der Waals surface area contributed by atoms with Crippen LogP contribution in [-0.4, -0.2) is 517 Å². The number of carbonyl (C=O) groups excluding carboxylic acids is 5. The van der Waals surface area contributed by atoms with Gasteiger partial charge in [-0.15, -0.1) is 0 Å². The monoisotopic (exact) mass is 1810 g/mol. The molecule has 10 heterocycles. The zero-order valence-corrected chi connectivity index (χ0v) is 67.5. The Morgan fingerprint density at radius 2 is 0.524 bits per heavy atom. The lowest BCUT2D eigenvalue weighted by atomic mass is 9.93. The Hall–Kier alpha value is -4.41. The van der Waals surface area contributed by atoms with E-state index >= 15 is 0 Å². The second kappa shape index (κ2) is 44.2. The molecule has 0 radical (unpaired) electrons. The molecule has 54 heteroatoms. The summed E-state index contributed by atoms with van der Waals surface area (Å²) >= 11 is 0. The number of carbonyl (C=O) groups is 5. The van der Waals surface area contributed by atoms with Gasteiger partial charge in [0.05, 0.1) is 65.1 Å². The van der Waals surface area contributed by atoms with E-state index in [9.17, 15) is 152 Å². The maximum atomic E-state index is 13.6. The van der Waals surface area contributed by atoms with E-state index in [1.165, 1.54) is 13.8 Å². The van der Waals surface area contributed by atoms with E-state index in [0.717, 1.165) is 34.6 Å². The topological polar surface area (TPSA) is 827 Å². The maximum absolute atomic E-state index is 13.6. The highest BCUT2D eigenvalue weighted by molar-refractivity contribution is 5.75. The quantitative estimate of drug-likeness (QED) is 0.0306. The first-order valence-electron chi connectivity index (χ1n) is 39.8. The molecule has 0 bridgehead atoms. The number of hydrogen-bond acceptors (Lipinski definition) is 49. The van der Waals surface area contributed by atoms with Crippen molar-refractivity contribution in [2.45, 2.75) is 355 Å². The maximum Gasteiger partial charge on any atom is 0.217 e. The summed E-state index contributed by atoms with van der Waals surface area (Å²) in [4.78, 5) is 64.6. The summed E-state index contributed by atoms with van der Waals surface area (Å²) in [5, 5.41) is 294. The lowest BCUT2D eigenvalue weighted by molar-refractivity contribution is -0.398. The molecule has 0 spiro atoms. The van der Waals surface area contributed by atoms with Crippen molar-refractivity contribution >= 4 is 29.5 Å². The van der Waals surface area contributed by atoms with Crippen molar-refractivity contribution in [2.24, 2.45) is 0 Å². The molecule has 0 aromatic heterocycles. The van der Waals surface area contributed by atoms with Crippen LogP contribution in [0.3, 0.4) is 0 Å². The van der Waals surface area contributed by atoms with Gasteiger partial charge in [0.15, 0.2) is 62.9 Å². The fourth-order valence-corrected chi connectivity index (χ4v) is 16.1. The summed E-state index contributed by atoms with van der Waals surface area (Å²) in [5.41, 5.74) is 0. The number of rotatable bonds is 31. The first-order chi connectivity index (χ1) is 58.5. The summed E-state index contributed by atoms with van der Waals surface area (Å²) in [6.07, 6.45) is -92.6. The van der Waals surface area contributed by atoms with Gasteiger partial charge in [-0.05, 0) is 13.8 Å². The van der Waals surface area contributed by atoms with Crippen molar-refractivity contribution in [1.29, 1.82) is 0 Å². The fraction of sp³-hybridized carbons (Fsp3) is 0.929. The number of ether oxygens (including phenoxy) is 19. The van der Waals surface area contributed by atoms with E-state index in [0.29, 0.717) is 0 Å². The summed E-state index contributed by atoms with van der Waals surface area (Å²) in [5.74, 6) is -4.58. The van der Waals surface area contributed by atoms with Crippen molar-refractivity contribution in [2.75, 3.05) is 52.9 Å². The average molecular weight is 1810 g/mol. The van der Waals surface area contributed by atoms with E-state index < -0.39 is 389 Å².